The van der Waals surface area contributed by atoms with E-state index in [1.54, 1.807) is 67.1 Å². The number of carbonyl (C=O) groups excluding carboxylic acids is 1. The summed E-state index contributed by atoms with van der Waals surface area (Å²) in [4.78, 5) is 18.2. The fourth-order valence-corrected chi connectivity index (χ4v) is 7.62. The molecule has 2 aromatic heterocycles. The Kier molecular flexibility index (Phi) is 10.7. The number of benzene rings is 3. The predicted octanol–water partition coefficient (Wildman–Crippen LogP) is 7.84. The van der Waals surface area contributed by atoms with E-state index in [2.05, 4.69) is 43.2 Å². The molecule has 0 saturated heterocycles. The third-order valence-corrected chi connectivity index (χ3v) is 10.6. The molecule has 240 valence electrons. The number of imidazole rings is 1. The zero-order valence-electron chi connectivity index (χ0n) is 26.7. The minimum atomic E-state index is -4.02. The van der Waals surface area contributed by atoms with Crippen molar-refractivity contribution in [1.82, 2.24) is 14.9 Å². The molecule has 47 heavy (non-hydrogen) atoms. The zero-order chi connectivity index (χ0) is 33.4. The van der Waals surface area contributed by atoms with Crippen molar-refractivity contribution in [2.75, 3.05) is 10.8 Å². The highest BCUT2D eigenvalue weighted by Gasteiger charge is 2.28. The van der Waals surface area contributed by atoms with Crippen LogP contribution >= 0.6 is 11.3 Å². The minimum absolute atomic E-state index is 0.0147. The molecule has 0 aliphatic heterocycles. The minimum Gasteiger partial charge on any atom is -0.348 e. The molecule has 2 heterocycles. The molecular weight excluding hydrogens is 627 g/mol. The summed E-state index contributed by atoms with van der Waals surface area (Å²) in [6.45, 7) is 7.12. The predicted molar refractivity (Wildman–Crippen MR) is 189 cm³/mol. The summed E-state index contributed by atoms with van der Waals surface area (Å²) in [5.74, 6) is -0.205. The Labute approximate surface area is 280 Å². The molecule has 3 aromatic carbocycles. The summed E-state index contributed by atoms with van der Waals surface area (Å²) in [6.07, 6.45) is 9.48. The lowest BCUT2D eigenvalue weighted by atomic mass is 10.1. The Morgan fingerprint density at radius 1 is 1.02 bits per heavy atom. The van der Waals surface area contributed by atoms with E-state index in [0.29, 0.717) is 40.3 Å². The number of allylic oxidation sites excluding steroid dienone is 3. The molecule has 5 aromatic rings. The first-order valence-electron chi connectivity index (χ1n) is 15.3. The molecule has 0 bridgehead atoms. The molecule has 0 aliphatic carbocycles. The third kappa shape index (κ3) is 8.25. The van der Waals surface area contributed by atoms with Crippen LogP contribution in [-0.2, 0) is 23.1 Å². The van der Waals surface area contributed by atoms with Crippen LogP contribution in [0.4, 0.5) is 5.69 Å². The van der Waals surface area contributed by atoms with Crippen LogP contribution in [-0.4, -0.2) is 30.4 Å². The molecule has 0 fully saturated rings. The topological polar surface area (TPSA) is 108 Å². The van der Waals surface area contributed by atoms with E-state index in [1.165, 1.54) is 26.8 Å². The maximum atomic E-state index is 14.3. The Balaban J connectivity index is 1.45. The molecule has 0 unspecified atom stereocenters. The number of fused-ring (bicyclic) bond motifs is 1. The van der Waals surface area contributed by atoms with Gasteiger partial charge in [-0.2, -0.15) is 5.26 Å². The SMILES string of the molecule is CC(C)=CCCC(C)=CCNC(=O)c1cc2c(N(Cc3cncn3Cc3ccc(C#N)cc3)S(=O)(=O)c3ccccc3)cccc2s1. The van der Waals surface area contributed by atoms with Crippen LogP contribution in [0.5, 0.6) is 0 Å². The maximum Gasteiger partial charge on any atom is 0.264 e. The van der Waals surface area contributed by atoms with E-state index in [-0.39, 0.29) is 17.3 Å². The summed E-state index contributed by atoms with van der Waals surface area (Å²) in [7, 11) is -4.02. The maximum absolute atomic E-state index is 14.3. The second-order valence-corrected chi connectivity index (χ2v) is 14.5. The lowest BCUT2D eigenvalue weighted by Gasteiger charge is -2.26. The van der Waals surface area contributed by atoms with Gasteiger partial charge in [0.05, 0.1) is 45.7 Å². The lowest BCUT2D eigenvalue weighted by Crippen LogP contribution is -2.31. The fraction of sp³-hybridized carbons (Fsp3) is 0.216. The number of amides is 1. The van der Waals surface area contributed by atoms with E-state index in [9.17, 15) is 13.2 Å². The molecular formula is C37H37N5O3S2. The summed E-state index contributed by atoms with van der Waals surface area (Å²) in [5.41, 5.74) is 5.18. The van der Waals surface area contributed by atoms with E-state index in [4.69, 9.17) is 5.26 Å². The average Bonchev–Trinajstić information content (AvgIpc) is 3.71. The first kappa shape index (κ1) is 33.4. The van der Waals surface area contributed by atoms with Crippen molar-refractivity contribution in [2.45, 2.75) is 51.6 Å². The van der Waals surface area contributed by atoms with Gasteiger partial charge in [0.25, 0.3) is 15.9 Å². The van der Waals surface area contributed by atoms with E-state index in [1.807, 2.05) is 34.9 Å². The van der Waals surface area contributed by atoms with Crippen LogP contribution in [0.3, 0.4) is 0 Å². The van der Waals surface area contributed by atoms with Crippen molar-refractivity contribution in [3.8, 4) is 6.07 Å². The van der Waals surface area contributed by atoms with Crippen LogP contribution in [0.15, 0.2) is 120 Å². The van der Waals surface area contributed by atoms with E-state index < -0.39 is 10.0 Å². The second kappa shape index (κ2) is 15.1. The van der Waals surface area contributed by atoms with Crippen LogP contribution in [0.2, 0.25) is 0 Å². The van der Waals surface area contributed by atoms with Gasteiger partial charge >= 0.3 is 0 Å². The highest BCUT2D eigenvalue weighted by Crippen LogP contribution is 2.37. The van der Waals surface area contributed by atoms with Gasteiger partial charge in [-0.15, -0.1) is 11.3 Å². The first-order valence-corrected chi connectivity index (χ1v) is 17.6. The number of rotatable bonds is 13. The van der Waals surface area contributed by atoms with E-state index in [0.717, 1.165) is 23.1 Å². The van der Waals surface area contributed by atoms with Crippen molar-refractivity contribution >= 4 is 43.0 Å². The van der Waals surface area contributed by atoms with Gasteiger partial charge < -0.3 is 9.88 Å². The summed E-state index contributed by atoms with van der Waals surface area (Å²) >= 11 is 1.33. The monoisotopic (exact) mass is 663 g/mol. The van der Waals surface area contributed by atoms with Crippen LogP contribution in [0.1, 0.15) is 60.1 Å². The number of thiophene rings is 1. The smallest absolute Gasteiger partial charge is 0.264 e. The Morgan fingerprint density at radius 2 is 1.79 bits per heavy atom. The number of nitriles is 1. The van der Waals surface area contributed by atoms with Crippen molar-refractivity contribution in [2.24, 2.45) is 0 Å². The van der Waals surface area contributed by atoms with Gasteiger partial charge in [-0.1, -0.05) is 59.7 Å². The normalized spacial score (nSPS) is 11.7. The molecule has 0 atom stereocenters. The summed E-state index contributed by atoms with van der Waals surface area (Å²) < 4.78 is 32.7. The number of aromatic nitrogens is 2. The number of anilines is 1. The zero-order valence-corrected chi connectivity index (χ0v) is 28.3. The van der Waals surface area contributed by atoms with Crippen LogP contribution in [0, 0.1) is 11.3 Å². The highest BCUT2D eigenvalue weighted by atomic mass is 32.2. The second-order valence-electron chi connectivity index (χ2n) is 11.5. The summed E-state index contributed by atoms with van der Waals surface area (Å²) in [6, 6.07) is 25.0. The summed E-state index contributed by atoms with van der Waals surface area (Å²) in [5, 5.41) is 12.8. The molecule has 0 saturated carbocycles. The van der Waals surface area contributed by atoms with Crippen molar-refractivity contribution in [1.29, 1.82) is 5.26 Å². The van der Waals surface area contributed by atoms with Gasteiger partial charge in [-0.3, -0.25) is 9.10 Å². The van der Waals surface area contributed by atoms with Crippen molar-refractivity contribution in [3.63, 3.8) is 0 Å². The number of sulfonamides is 1. The molecule has 1 amide bonds. The first-order chi connectivity index (χ1) is 22.7. The molecule has 5 rings (SSSR count). The third-order valence-electron chi connectivity index (χ3n) is 7.71. The number of hydrogen-bond donors (Lipinski definition) is 1. The average molecular weight is 664 g/mol. The lowest BCUT2D eigenvalue weighted by molar-refractivity contribution is 0.0962. The molecule has 1 N–H and O–H groups in total. The molecule has 10 heteroatoms. The van der Waals surface area contributed by atoms with Crippen molar-refractivity contribution in [3.05, 3.63) is 136 Å². The van der Waals surface area contributed by atoms with Crippen molar-refractivity contribution < 1.29 is 13.2 Å². The van der Waals surface area contributed by atoms with Gasteiger partial charge in [0, 0.05) is 29.4 Å². The highest BCUT2D eigenvalue weighted by molar-refractivity contribution is 7.92. The van der Waals surface area contributed by atoms with Gasteiger partial charge in [0.15, 0.2) is 0 Å². The number of nitrogens with one attached hydrogen (secondary N) is 1. The Hall–Kier alpha value is -4.98. The van der Waals surface area contributed by atoms with Gasteiger partial charge in [0.1, 0.15) is 0 Å². The fourth-order valence-electron chi connectivity index (χ4n) is 5.14. The number of nitrogens with zero attached hydrogens (tertiary/aromatic N) is 4. The van der Waals surface area contributed by atoms with Gasteiger partial charge in [0.2, 0.25) is 0 Å². The Bertz CT molecular complexity index is 2070. The number of carbonyl (C=O) groups is 1. The molecule has 0 aliphatic rings. The molecule has 0 spiro atoms. The Morgan fingerprint density at radius 3 is 2.51 bits per heavy atom. The quantitative estimate of drug-likeness (QED) is 0.129. The van der Waals surface area contributed by atoms with Crippen LogP contribution in [0.25, 0.3) is 10.1 Å². The van der Waals surface area contributed by atoms with Crippen LogP contribution < -0.4 is 9.62 Å². The molecule has 8 nitrogen and oxygen atoms in total. The van der Waals surface area contributed by atoms with E-state index >= 15 is 0 Å². The van der Waals surface area contributed by atoms with Gasteiger partial charge in [-0.25, -0.2) is 13.4 Å². The number of hydrogen-bond acceptors (Lipinski definition) is 6. The van der Waals surface area contributed by atoms with Gasteiger partial charge in [-0.05, 0) is 81.6 Å². The molecule has 0 radical (unpaired) electrons. The largest absolute Gasteiger partial charge is 0.348 e. The standard InChI is InChI=1S/C37H37N5O3S2/c1-27(2)9-7-10-28(3)19-20-40-37(43)36-21-33-34(13-8-14-35(33)46-36)42(47(44,45)32-11-5-4-6-12-32)25-31-23-39-26-41(31)24-30-17-15-29(22-38)16-18-30/h4-6,8-9,11-19,21,23,26H,7,10,20,24-25H2,1-3H3,(H,40,43).